The summed E-state index contributed by atoms with van der Waals surface area (Å²) in [4.78, 5) is 31.3. The Morgan fingerprint density at radius 2 is 1.90 bits per heavy atom. The number of carbonyl (C=O) groups is 1. The van der Waals surface area contributed by atoms with Gasteiger partial charge in [-0.25, -0.2) is 9.78 Å². The number of thiazole rings is 1. The molecule has 7 nitrogen and oxygen atoms in total. The highest BCUT2D eigenvalue weighted by atomic mass is 35.5. The van der Waals surface area contributed by atoms with Crippen LogP contribution in [0.25, 0.3) is 11.3 Å². The fraction of sp³-hybridized carbons (Fsp3) is 0.143. The van der Waals surface area contributed by atoms with Crippen molar-refractivity contribution in [1.82, 2.24) is 15.1 Å². The molecule has 0 bridgehead atoms. The molecule has 9 heteroatoms. The van der Waals surface area contributed by atoms with E-state index in [9.17, 15) is 9.59 Å². The van der Waals surface area contributed by atoms with E-state index in [1.807, 2.05) is 53.9 Å². The second-order valence-corrected chi connectivity index (χ2v) is 7.90. The maximum absolute atomic E-state index is 13.0. The molecular formula is C21H17ClN4O3S. The highest BCUT2D eigenvalue weighted by Gasteiger charge is 2.23. The molecule has 2 N–H and O–H groups in total. The van der Waals surface area contributed by atoms with Gasteiger partial charge in [-0.3, -0.25) is 14.3 Å². The molecule has 0 aliphatic rings. The number of hydrogen-bond acceptors (Lipinski definition) is 6. The maximum atomic E-state index is 13.0. The van der Waals surface area contributed by atoms with Crippen LogP contribution in [0.4, 0.5) is 5.13 Å². The lowest BCUT2D eigenvalue weighted by Gasteiger charge is -2.14. The summed E-state index contributed by atoms with van der Waals surface area (Å²) >= 11 is 7.56. The van der Waals surface area contributed by atoms with Gasteiger partial charge in [-0.2, -0.15) is 0 Å². The normalized spacial score (nSPS) is 11.9. The zero-order chi connectivity index (χ0) is 20.9. The topological polar surface area (TPSA) is 101 Å². The van der Waals surface area contributed by atoms with Gasteiger partial charge in [0, 0.05) is 28.3 Å². The molecule has 4 aromatic rings. The molecule has 30 heavy (non-hydrogen) atoms. The lowest BCUT2D eigenvalue weighted by molar-refractivity contribution is -0.119. The zero-order valence-corrected chi connectivity index (χ0v) is 17.2. The third-order valence-electron chi connectivity index (χ3n) is 4.50. The highest BCUT2D eigenvalue weighted by Crippen LogP contribution is 2.30. The molecule has 2 aromatic carbocycles. The van der Waals surface area contributed by atoms with Crippen LogP contribution in [0.5, 0.6) is 0 Å². The van der Waals surface area contributed by atoms with Crippen LogP contribution in [0.2, 0.25) is 5.02 Å². The van der Waals surface area contributed by atoms with Crippen molar-refractivity contribution in [3.05, 3.63) is 86.9 Å². The van der Waals surface area contributed by atoms with E-state index in [1.165, 1.54) is 11.3 Å². The summed E-state index contributed by atoms with van der Waals surface area (Å²) in [5, 5.41) is 9.48. The van der Waals surface area contributed by atoms with Crippen molar-refractivity contribution < 1.29 is 9.32 Å². The molecule has 0 saturated carbocycles. The van der Waals surface area contributed by atoms with Crippen LogP contribution >= 0.6 is 22.9 Å². The molecule has 0 unspecified atom stereocenters. The summed E-state index contributed by atoms with van der Waals surface area (Å²) in [5.41, 5.74) is 2.50. The largest absolute Gasteiger partial charge is 0.438 e. The van der Waals surface area contributed by atoms with E-state index in [1.54, 1.807) is 6.07 Å². The van der Waals surface area contributed by atoms with Gasteiger partial charge in [0.2, 0.25) is 5.91 Å². The van der Waals surface area contributed by atoms with E-state index in [4.69, 9.17) is 11.6 Å². The van der Waals surface area contributed by atoms with Gasteiger partial charge in [-0.05, 0) is 18.1 Å². The van der Waals surface area contributed by atoms with Crippen LogP contribution in [0, 0.1) is 5.92 Å². The number of H-pyrrole nitrogens is 1. The molecule has 0 saturated heterocycles. The van der Waals surface area contributed by atoms with Gasteiger partial charge in [0.25, 0.3) is 0 Å². The van der Waals surface area contributed by atoms with Gasteiger partial charge < -0.3 is 5.32 Å². The van der Waals surface area contributed by atoms with Crippen LogP contribution in [-0.2, 0) is 17.6 Å². The average Bonchev–Trinajstić information content (AvgIpc) is 3.37. The minimum absolute atomic E-state index is 0.220. The molecule has 1 amide bonds. The molecule has 1 atom stereocenters. The van der Waals surface area contributed by atoms with Crippen LogP contribution in [0.15, 0.2) is 69.3 Å². The number of hydrogen-bond donors (Lipinski definition) is 2. The van der Waals surface area contributed by atoms with Crippen molar-refractivity contribution in [2.24, 2.45) is 5.92 Å². The van der Waals surface area contributed by atoms with Crippen LogP contribution < -0.4 is 11.1 Å². The van der Waals surface area contributed by atoms with E-state index in [-0.39, 0.29) is 12.3 Å². The summed E-state index contributed by atoms with van der Waals surface area (Å²) in [5.74, 6) is -1.01. The van der Waals surface area contributed by atoms with Crippen LogP contribution in [-0.4, -0.2) is 21.0 Å². The molecule has 152 valence electrons. The van der Waals surface area contributed by atoms with E-state index in [2.05, 4.69) is 25.0 Å². The first kappa shape index (κ1) is 20.1. The van der Waals surface area contributed by atoms with Gasteiger partial charge in [-0.1, -0.05) is 65.3 Å². The first-order chi connectivity index (χ1) is 14.6. The number of nitrogens with one attached hydrogen (secondary N) is 2. The Labute approximate surface area is 180 Å². The number of rotatable bonds is 7. The molecule has 0 radical (unpaired) electrons. The summed E-state index contributed by atoms with van der Waals surface area (Å²) in [7, 11) is 0. The van der Waals surface area contributed by atoms with Crippen molar-refractivity contribution >= 4 is 34.0 Å². The van der Waals surface area contributed by atoms with Crippen molar-refractivity contribution in [3.8, 4) is 11.3 Å². The first-order valence-corrected chi connectivity index (χ1v) is 10.4. The lowest BCUT2D eigenvalue weighted by Crippen LogP contribution is -2.27. The third-order valence-corrected chi connectivity index (χ3v) is 5.59. The first-order valence-electron chi connectivity index (χ1n) is 9.18. The number of aromatic nitrogens is 3. The minimum atomic E-state index is -0.645. The van der Waals surface area contributed by atoms with Crippen LogP contribution in [0.3, 0.4) is 0 Å². The number of carbonyl (C=O) groups excluding carboxylic acids is 1. The van der Waals surface area contributed by atoms with E-state index < -0.39 is 11.7 Å². The molecule has 2 heterocycles. The Balaban J connectivity index is 1.52. The number of anilines is 1. The summed E-state index contributed by atoms with van der Waals surface area (Å²) < 4.78 is 4.56. The second kappa shape index (κ2) is 9.06. The highest BCUT2D eigenvalue weighted by molar-refractivity contribution is 7.14. The molecule has 0 aliphatic heterocycles. The molecule has 2 aromatic heterocycles. The van der Waals surface area contributed by atoms with Crippen molar-refractivity contribution in [2.75, 3.05) is 5.32 Å². The fourth-order valence-electron chi connectivity index (χ4n) is 3.07. The Kier molecular flexibility index (Phi) is 6.06. The summed E-state index contributed by atoms with van der Waals surface area (Å²) in [6.07, 6.45) is 0.708. The lowest BCUT2D eigenvalue weighted by atomic mass is 9.95. The standard InChI is InChI=1S/C21H17ClN4O3S/c22-16-9-5-4-8-15(16)17-12-30-20(23-17)25-19(27)14(10-13-6-2-1-3-7-13)11-18-24-21(28)29-26-18/h1-9,12,14H,10-11H2,(H,23,25,27)(H,24,26,28)/t14-/m1/s1. The molecule has 0 fully saturated rings. The Morgan fingerprint density at radius 3 is 2.63 bits per heavy atom. The second-order valence-electron chi connectivity index (χ2n) is 6.64. The third kappa shape index (κ3) is 4.84. The van der Waals surface area contributed by atoms with Gasteiger partial charge >= 0.3 is 5.76 Å². The van der Waals surface area contributed by atoms with Crippen molar-refractivity contribution in [2.45, 2.75) is 12.8 Å². The Morgan fingerprint density at radius 1 is 1.13 bits per heavy atom. The molecule has 0 aliphatic carbocycles. The van der Waals surface area contributed by atoms with E-state index in [0.29, 0.717) is 28.1 Å². The number of nitrogens with zero attached hydrogens (tertiary/aromatic N) is 2. The quantitative estimate of drug-likeness (QED) is 0.449. The summed E-state index contributed by atoms with van der Waals surface area (Å²) in [6.45, 7) is 0. The average molecular weight is 441 g/mol. The predicted molar refractivity (Wildman–Crippen MR) is 116 cm³/mol. The Bertz CT molecular complexity index is 1200. The monoisotopic (exact) mass is 440 g/mol. The van der Waals surface area contributed by atoms with E-state index >= 15 is 0 Å². The fourth-order valence-corrected chi connectivity index (χ4v) is 4.02. The molecule has 0 spiro atoms. The number of amides is 1. The summed E-state index contributed by atoms with van der Waals surface area (Å²) in [6, 6.07) is 17.1. The van der Waals surface area contributed by atoms with Gasteiger partial charge in [-0.15, -0.1) is 11.3 Å². The predicted octanol–water partition coefficient (Wildman–Crippen LogP) is 4.18. The van der Waals surface area contributed by atoms with Gasteiger partial charge in [0.05, 0.1) is 5.69 Å². The molecule has 4 rings (SSSR count). The zero-order valence-electron chi connectivity index (χ0n) is 15.7. The van der Waals surface area contributed by atoms with Gasteiger partial charge in [0.1, 0.15) is 0 Å². The van der Waals surface area contributed by atoms with Crippen LogP contribution in [0.1, 0.15) is 11.4 Å². The minimum Gasteiger partial charge on any atom is -0.302 e. The van der Waals surface area contributed by atoms with Gasteiger partial charge in [0.15, 0.2) is 11.0 Å². The number of benzene rings is 2. The number of aromatic amines is 1. The van der Waals surface area contributed by atoms with Crippen molar-refractivity contribution in [3.63, 3.8) is 0 Å². The van der Waals surface area contributed by atoms with E-state index in [0.717, 1.165) is 11.1 Å². The maximum Gasteiger partial charge on any atom is 0.438 e. The smallest absolute Gasteiger partial charge is 0.302 e. The van der Waals surface area contributed by atoms with Crippen molar-refractivity contribution in [1.29, 1.82) is 0 Å². The Hall–Kier alpha value is -3.23. The number of halogens is 1. The SMILES string of the molecule is O=C(Nc1nc(-c2ccccc2Cl)cs1)[C@H](Cc1ccccc1)Cc1noc(=O)[nH]1. The molecular weight excluding hydrogens is 424 g/mol.